The molecule has 0 radical (unpaired) electrons. The van der Waals surface area contributed by atoms with Crippen molar-refractivity contribution in [2.24, 2.45) is 0 Å². The second-order valence-electron chi connectivity index (χ2n) is 7.25. The van der Waals surface area contributed by atoms with Gasteiger partial charge in [0, 0.05) is 12.0 Å². The Kier molecular flexibility index (Phi) is 3.54. The van der Waals surface area contributed by atoms with Crippen LogP contribution in [0.3, 0.4) is 0 Å². The van der Waals surface area contributed by atoms with E-state index in [1.165, 1.54) is 36.8 Å². The van der Waals surface area contributed by atoms with Crippen molar-refractivity contribution in [3.05, 3.63) is 70.8 Å². The summed E-state index contributed by atoms with van der Waals surface area (Å²) in [4.78, 5) is 2.40. The highest BCUT2D eigenvalue weighted by molar-refractivity contribution is 5.43. The molecule has 0 aromatic heterocycles. The summed E-state index contributed by atoms with van der Waals surface area (Å²) in [5.74, 6) is 1.39. The fourth-order valence-electron chi connectivity index (χ4n) is 3.95. The molecule has 0 bridgehead atoms. The van der Waals surface area contributed by atoms with Gasteiger partial charge >= 0.3 is 0 Å². The third-order valence-corrected chi connectivity index (χ3v) is 5.49. The molecular weight excluding hydrogens is 266 g/mol. The fourth-order valence-corrected chi connectivity index (χ4v) is 3.95. The molecule has 1 saturated carbocycles. The molecule has 2 unspecified atom stereocenters. The highest BCUT2D eigenvalue weighted by Crippen LogP contribution is 2.43. The molecule has 0 N–H and O–H groups in total. The van der Waals surface area contributed by atoms with Gasteiger partial charge in [-0.15, -0.1) is 0 Å². The Balaban J connectivity index is 1.74. The van der Waals surface area contributed by atoms with Gasteiger partial charge in [0.25, 0.3) is 0 Å². The molecule has 0 heterocycles. The van der Waals surface area contributed by atoms with Gasteiger partial charge in [-0.05, 0) is 68.0 Å². The minimum Gasteiger partial charge on any atom is -0.306 e. The zero-order valence-electron chi connectivity index (χ0n) is 13.6. The van der Waals surface area contributed by atoms with Gasteiger partial charge in [-0.25, -0.2) is 0 Å². The highest BCUT2D eigenvalue weighted by Gasteiger charge is 2.30. The standard InChI is InChI=1S/C21H25N/c1-22(2)19-13-18-6-3-4-9-20(18)21(14-19)17-8-5-7-16(12-17)15-10-11-15/h3-9,12,15,19,21H,10-11,13-14H2,1-2H3. The van der Waals surface area contributed by atoms with E-state index in [-0.39, 0.29) is 0 Å². The summed E-state index contributed by atoms with van der Waals surface area (Å²) in [6.45, 7) is 0. The molecule has 1 fully saturated rings. The Labute approximate surface area is 134 Å². The van der Waals surface area contributed by atoms with Crippen molar-refractivity contribution in [2.75, 3.05) is 14.1 Å². The van der Waals surface area contributed by atoms with Crippen LogP contribution in [0, 0.1) is 0 Å². The summed E-state index contributed by atoms with van der Waals surface area (Å²) in [6.07, 6.45) is 5.18. The van der Waals surface area contributed by atoms with E-state index in [9.17, 15) is 0 Å². The monoisotopic (exact) mass is 291 g/mol. The Hall–Kier alpha value is -1.60. The molecule has 1 heteroatoms. The molecule has 0 spiro atoms. The van der Waals surface area contributed by atoms with Gasteiger partial charge in [-0.3, -0.25) is 0 Å². The molecule has 2 aliphatic carbocycles. The molecular formula is C21H25N. The van der Waals surface area contributed by atoms with Crippen molar-refractivity contribution in [3.63, 3.8) is 0 Å². The number of hydrogen-bond acceptors (Lipinski definition) is 1. The van der Waals surface area contributed by atoms with Gasteiger partial charge in [-0.1, -0.05) is 48.5 Å². The van der Waals surface area contributed by atoms with Gasteiger partial charge < -0.3 is 4.90 Å². The SMILES string of the molecule is CN(C)C1Cc2ccccc2C(c2cccc(C3CC3)c2)C1. The average Bonchev–Trinajstić information content (AvgIpc) is 3.39. The lowest BCUT2D eigenvalue weighted by atomic mass is 9.76. The maximum Gasteiger partial charge on any atom is 0.0139 e. The quantitative estimate of drug-likeness (QED) is 0.800. The summed E-state index contributed by atoms with van der Waals surface area (Å²) < 4.78 is 0. The van der Waals surface area contributed by atoms with Crippen LogP contribution in [0.1, 0.15) is 53.4 Å². The minimum absolute atomic E-state index is 0.552. The first kappa shape index (κ1) is 14.0. The van der Waals surface area contributed by atoms with E-state index in [4.69, 9.17) is 0 Å². The molecule has 2 aliphatic rings. The zero-order valence-corrected chi connectivity index (χ0v) is 13.6. The Morgan fingerprint density at radius 2 is 1.68 bits per heavy atom. The van der Waals surface area contributed by atoms with Gasteiger partial charge in [0.05, 0.1) is 0 Å². The molecule has 2 aromatic rings. The van der Waals surface area contributed by atoms with E-state index in [0.29, 0.717) is 12.0 Å². The molecule has 0 saturated heterocycles. The van der Waals surface area contributed by atoms with Crippen LogP contribution in [0.4, 0.5) is 0 Å². The first-order valence-electron chi connectivity index (χ1n) is 8.56. The van der Waals surface area contributed by atoms with Crippen LogP contribution in [0.25, 0.3) is 0 Å². The van der Waals surface area contributed by atoms with Crippen LogP contribution >= 0.6 is 0 Å². The molecule has 2 atom stereocenters. The topological polar surface area (TPSA) is 3.24 Å². The predicted octanol–water partition coefficient (Wildman–Crippen LogP) is 4.57. The summed E-state index contributed by atoms with van der Waals surface area (Å²) in [5, 5.41) is 0. The minimum atomic E-state index is 0.552. The van der Waals surface area contributed by atoms with Crippen molar-refractivity contribution in [1.29, 1.82) is 0 Å². The first-order chi connectivity index (χ1) is 10.7. The van der Waals surface area contributed by atoms with Gasteiger partial charge in [-0.2, -0.15) is 0 Å². The summed E-state index contributed by atoms with van der Waals surface area (Å²) in [5.41, 5.74) is 6.16. The third kappa shape index (κ3) is 2.59. The van der Waals surface area contributed by atoms with Crippen LogP contribution in [0.2, 0.25) is 0 Å². The first-order valence-corrected chi connectivity index (χ1v) is 8.56. The summed E-state index contributed by atoms with van der Waals surface area (Å²) in [7, 11) is 4.44. The predicted molar refractivity (Wildman–Crippen MR) is 92.5 cm³/mol. The number of benzene rings is 2. The van der Waals surface area contributed by atoms with Gasteiger partial charge in [0.1, 0.15) is 0 Å². The Morgan fingerprint density at radius 1 is 0.909 bits per heavy atom. The number of nitrogens with zero attached hydrogens (tertiary/aromatic N) is 1. The molecule has 0 amide bonds. The van der Waals surface area contributed by atoms with E-state index in [1.54, 1.807) is 11.1 Å². The second kappa shape index (κ2) is 5.55. The molecule has 4 rings (SSSR count). The third-order valence-electron chi connectivity index (χ3n) is 5.49. The largest absolute Gasteiger partial charge is 0.306 e. The lowest BCUT2D eigenvalue weighted by molar-refractivity contribution is 0.258. The second-order valence-corrected chi connectivity index (χ2v) is 7.25. The van der Waals surface area contributed by atoms with Crippen LogP contribution < -0.4 is 0 Å². The van der Waals surface area contributed by atoms with E-state index >= 15 is 0 Å². The smallest absolute Gasteiger partial charge is 0.0139 e. The number of fused-ring (bicyclic) bond motifs is 1. The van der Waals surface area contributed by atoms with Gasteiger partial charge in [0.2, 0.25) is 0 Å². The Morgan fingerprint density at radius 3 is 2.45 bits per heavy atom. The van der Waals surface area contributed by atoms with Crippen LogP contribution in [0.15, 0.2) is 48.5 Å². The molecule has 114 valence electrons. The fraction of sp³-hybridized carbons (Fsp3) is 0.429. The van der Waals surface area contributed by atoms with Crippen molar-refractivity contribution in [1.82, 2.24) is 4.90 Å². The highest BCUT2D eigenvalue weighted by atomic mass is 15.1. The molecule has 22 heavy (non-hydrogen) atoms. The number of likely N-dealkylation sites (N-methyl/N-ethyl adjacent to an activating group) is 1. The normalized spacial score (nSPS) is 24.3. The Bertz CT molecular complexity index is 669. The summed E-state index contributed by atoms with van der Waals surface area (Å²) >= 11 is 0. The number of hydrogen-bond donors (Lipinski definition) is 0. The maximum absolute atomic E-state index is 2.48. The van der Waals surface area contributed by atoms with Crippen molar-refractivity contribution >= 4 is 0 Å². The average molecular weight is 291 g/mol. The maximum atomic E-state index is 2.48. The van der Waals surface area contributed by atoms with E-state index in [1.807, 2.05) is 0 Å². The van der Waals surface area contributed by atoms with Crippen molar-refractivity contribution in [2.45, 2.75) is 43.6 Å². The van der Waals surface area contributed by atoms with Crippen LogP contribution in [-0.2, 0) is 6.42 Å². The molecule has 2 aromatic carbocycles. The van der Waals surface area contributed by atoms with E-state index in [0.717, 1.165) is 5.92 Å². The van der Waals surface area contributed by atoms with E-state index < -0.39 is 0 Å². The lowest BCUT2D eigenvalue weighted by Crippen LogP contribution is -2.35. The summed E-state index contributed by atoms with van der Waals surface area (Å²) in [6, 6.07) is 19.1. The van der Waals surface area contributed by atoms with Crippen LogP contribution in [-0.4, -0.2) is 25.0 Å². The van der Waals surface area contributed by atoms with Crippen molar-refractivity contribution < 1.29 is 0 Å². The zero-order chi connectivity index (χ0) is 15.1. The molecule has 0 aliphatic heterocycles. The van der Waals surface area contributed by atoms with Crippen LogP contribution in [0.5, 0.6) is 0 Å². The van der Waals surface area contributed by atoms with Crippen molar-refractivity contribution in [3.8, 4) is 0 Å². The van der Waals surface area contributed by atoms with Gasteiger partial charge in [0.15, 0.2) is 0 Å². The number of rotatable bonds is 3. The lowest BCUT2D eigenvalue weighted by Gasteiger charge is -2.35. The van der Waals surface area contributed by atoms with E-state index in [2.05, 4.69) is 67.5 Å². The molecule has 1 nitrogen and oxygen atoms in total.